The first kappa shape index (κ1) is 16.2. The van der Waals surface area contributed by atoms with Gasteiger partial charge in [0, 0.05) is 5.54 Å². The van der Waals surface area contributed by atoms with Gasteiger partial charge < -0.3 is 5.73 Å². The Balaban J connectivity index is 2.63. The maximum atomic E-state index is 6.68. The van der Waals surface area contributed by atoms with Gasteiger partial charge >= 0.3 is 0 Å². The monoisotopic (exact) mass is 261 g/mol. The molecule has 1 rings (SSSR count). The molecule has 0 fully saturated rings. The molecule has 19 heavy (non-hydrogen) atoms. The third-order valence-electron chi connectivity index (χ3n) is 4.34. The van der Waals surface area contributed by atoms with Gasteiger partial charge in [-0.15, -0.1) is 0 Å². The van der Waals surface area contributed by atoms with Gasteiger partial charge in [0.1, 0.15) is 0 Å². The molecule has 0 aliphatic heterocycles. The summed E-state index contributed by atoms with van der Waals surface area (Å²) in [7, 11) is 0. The van der Waals surface area contributed by atoms with Crippen LogP contribution in [0.5, 0.6) is 0 Å². The van der Waals surface area contributed by atoms with Crippen molar-refractivity contribution in [1.82, 2.24) is 0 Å². The van der Waals surface area contributed by atoms with Crippen LogP contribution in [-0.2, 0) is 6.42 Å². The van der Waals surface area contributed by atoms with E-state index >= 15 is 0 Å². The van der Waals surface area contributed by atoms with E-state index in [0.29, 0.717) is 0 Å². The first-order valence-corrected chi connectivity index (χ1v) is 7.96. The Morgan fingerprint density at radius 3 is 2.32 bits per heavy atom. The van der Waals surface area contributed by atoms with Gasteiger partial charge in [-0.3, -0.25) is 0 Å². The molecule has 0 radical (unpaired) electrons. The quantitative estimate of drug-likeness (QED) is 0.669. The molecule has 0 heterocycles. The molecule has 2 N–H and O–H groups in total. The second-order valence-corrected chi connectivity index (χ2v) is 6.00. The van der Waals surface area contributed by atoms with E-state index in [0.717, 1.165) is 25.2 Å². The van der Waals surface area contributed by atoms with Crippen LogP contribution in [0.15, 0.2) is 30.3 Å². The molecule has 0 aliphatic carbocycles. The van der Waals surface area contributed by atoms with Crippen LogP contribution in [0.4, 0.5) is 0 Å². The van der Waals surface area contributed by atoms with E-state index in [1.807, 2.05) is 0 Å². The molecule has 1 aromatic rings. The minimum absolute atomic E-state index is 0.0320. The van der Waals surface area contributed by atoms with Crippen molar-refractivity contribution in [3.05, 3.63) is 35.9 Å². The molecule has 0 saturated heterocycles. The summed E-state index contributed by atoms with van der Waals surface area (Å²) in [6.07, 6.45) is 8.45. The number of hydrogen-bond donors (Lipinski definition) is 1. The molecule has 0 bridgehead atoms. The lowest BCUT2D eigenvalue weighted by Gasteiger charge is -2.32. The van der Waals surface area contributed by atoms with Crippen molar-refractivity contribution in [2.75, 3.05) is 0 Å². The number of benzene rings is 1. The second-order valence-electron chi connectivity index (χ2n) is 6.00. The third kappa shape index (κ3) is 5.78. The minimum Gasteiger partial charge on any atom is -0.325 e. The van der Waals surface area contributed by atoms with E-state index < -0.39 is 0 Å². The first-order chi connectivity index (χ1) is 9.13. The zero-order chi connectivity index (χ0) is 14.1. The number of unbranched alkanes of at least 4 members (excludes halogenated alkanes) is 1. The van der Waals surface area contributed by atoms with Crippen LogP contribution in [0, 0.1) is 5.92 Å². The lowest BCUT2D eigenvalue weighted by Crippen LogP contribution is -2.43. The van der Waals surface area contributed by atoms with Crippen molar-refractivity contribution < 1.29 is 0 Å². The highest BCUT2D eigenvalue weighted by atomic mass is 14.7. The Labute approximate surface area is 119 Å². The average molecular weight is 261 g/mol. The van der Waals surface area contributed by atoms with E-state index in [9.17, 15) is 0 Å². The SMILES string of the molecule is CCCCC(CC)CC(N)(CC)Cc1ccccc1. The molecule has 0 spiro atoms. The van der Waals surface area contributed by atoms with Gasteiger partial charge in [0.25, 0.3) is 0 Å². The van der Waals surface area contributed by atoms with Crippen molar-refractivity contribution >= 4 is 0 Å². The van der Waals surface area contributed by atoms with Gasteiger partial charge in [-0.2, -0.15) is 0 Å². The molecule has 2 unspecified atom stereocenters. The van der Waals surface area contributed by atoms with Gasteiger partial charge in [0.05, 0.1) is 0 Å². The Morgan fingerprint density at radius 2 is 1.79 bits per heavy atom. The lowest BCUT2D eigenvalue weighted by atomic mass is 9.79. The molecule has 1 nitrogen and oxygen atoms in total. The third-order valence-corrected chi connectivity index (χ3v) is 4.34. The number of nitrogens with two attached hydrogens (primary N) is 1. The summed E-state index contributed by atoms with van der Waals surface area (Å²) in [5.74, 6) is 0.786. The van der Waals surface area contributed by atoms with E-state index in [1.54, 1.807) is 0 Å². The lowest BCUT2D eigenvalue weighted by molar-refractivity contribution is 0.282. The van der Waals surface area contributed by atoms with Crippen LogP contribution in [0.2, 0.25) is 0 Å². The molecule has 0 aliphatic rings. The van der Waals surface area contributed by atoms with Crippen molar-refractivity contribution in [1.29, 1.82) is 0 Å². The maximum absolute atomic E-state index is 6.68. The fourth-order valence-corrected chi connectivity index (χ4v) is 2.86. The smallest absolute Gasteiger partial charge is 0.0195 e. The summed E-state index contributed by atoms with van der Waals surface area (Å²) in [6.45, 7) is 6.81. The Bertz CT molecular complexity index is 333. The predicted molar refractivity (Wildman–Crippen MR) is 85.3 cm³/mol. The molecular formula is C18H31N. The molecule has 1 aromatic carbocycles. The molecule has 2 atom stereocenters. The molecule has 108 valence electrons. The summed E-state index contributed by atoms with van der Waals surface area (Å²) in [5, 5.41) is 0. The zero-order valence-electron chi connectivity index (χ0n) is 13.0. The van der Waals surface area contributed by atoms with Gasteiger partial charge in [-0.25, -0.2) is 0 Å². The van der Waals surface area contributed by atoms with Gasteiger partial charge in [0.15, 0.2) is 0 Å². The average Bonchev–Trinajstić information content (AvgIpc) is 2.44. The van der Waals surface area contributed by atoms with Crippen molar-refractivity contribution in [3.8, 4) is 0 Å². The van der Waals surface area contributed by atoms with Crippen molar-refractivity contribution in [2.45, 2.75) is 71.3 Å². The van der Waals surface area contributed by atoms with E-state index in [1.165, 1.54) is 31.2 Å². The first-order valence-electron chi connectivity index (χ1n) is 7.96. The zero-order valence-corrected chi connectivity index (χ0v) is 13.0. The summed E-state index contributed by atoms with van der Waals surface area (Å²) in [5.41, 5.74) is 8.02. The van der Waals surface area contributed by atoms with Crippen molar-refractivity contribution in [3.63, 3.8) is 0 Å². The summed E-state index contributed by atoms with van der Waals surface area (Å²) < 4.78 is 0. The molecule has 0 saturated carbocycles. The standard InChI is InChI=1S/C18H31N/c1-4-7-11-16(5-2)14-18(19,6-3)15-17-12-9-8-10-13-17/h8-10,12-13,16H,4-7,11,14-15,19H2,1-3H3. The van der Waals surface area contributed by atoms with Gasteiger partial charge in [-0.1, -0.05) is 76.8 Å². The summed E-state index contributed by atoms with van der Waals surface area (Å²) in [6, 6.07) is 10.7. The molecule has 0 amide bonds. The number of hydrogen-bond acceptors (Lipinski definition) is 1. The molecule has 0 aromatic heterocycles. The highest BCUT2D eigenvalue weighted by Gasteiger charge is 2.26. The predicted octanol–water partition coefficient (Wildman–Crippen LogP) is 4.94. The van der Waals surface area contributed by atoms with Crippen LogP contribution in [0.3, 0.4) is 0 Å². The highest BCUT2D eigenvalue weighted by molar-refractivity contribution is 5.17. The topological polar surface area (TPSA) is 26.0 Å². The minimum atomic E-state index is -0.0320. The summed E-state index contributed by atoms with van der Waals surface area (Å²) >= 11 is 0. The van der Waals surface area contributed by atoms with Crippen LogP contribution in [0.25, 0.3) is 0 Å². The fraction of sp³-hybridized carbons (Fsp3) is 0.667. The number of rotatable bonds is 9. The van der Waals surface area contributed by atoms with Crippen LogP contribution in [-0.4, -0.2) is 5.54 Å². The molecule has 1 heteroatoms. The van der Waals surface area contributed by atoms with E-state index in [4.69, 9.17) is 5.73 Å². The fourth-order valence-electron chi connectivity index (χ4n) is 2.86. The van der Waals surface area contributed by atoms with Crippen LogP contribution in [0.1, 0.15) is 64.9 Å². The summed E-state index contributed by atoms with van der Waals surface area (Å²) in [4.78, 5) is 0. The second kappa shape index (κ2) is 8.37. The highest BCUT2D eigenvalue weighted by Crippen LogP contribution is 2.27. The van der Waals surface area contributed by atoms with E-state index in [-0.39, 0.29) is 5.54 Å². The Kier molecular flexibility index (Phi) is 7.15. The van der Waals surface area contributed by atoms with Gasteiger partial charge in [0.2, 0.25) is 0 Å². The Hall–Kier alpha value is -0.820. The van der Waals surface area contributed by atoms with Gasteiger partial charge in [-0.05, 0) is 30.7 Å². The largest absolute Gasteiger partial charge is 0.325 e. The Morgan fingerprint density at radius 1 is 1.11 bits per heavy atom. The normalized spacial score (nSPS) is 16.0. The van der Waals surface area contributed by atoms with Crippen molar-refractivity contribution in [2.24, 2.45) is 11.7 Å². The van der Waals surface area contributed by atoms with E-state index in [2.05, 4.69) is 51.1 Å². The van der Waals surface area contributed by atoms with Crippen LogP contribution >= 0.6 is 0 Å². The molecular weight excluding hydrogens is 230 g/mol. The maximum Gasteiger partial charge on any atom is 0.0195 e. The van der Waals surface area contributed by atoms with Crippen LogP contribution < -0.4 is 5.73 Å².